The quantitative estimate of drug-likeness (QED) is 0.0163. The summed E-state index contributed by atoms with van der Waals surface area (Å²) in [6, 6.07) is 3.55. The summed E-state index contributed by atoms with van der Waals surface area (Å²) in [5.74, 6) is -14.7. The fraction of sp³-hybridized carbons (Fsp3) is 0.500. The molecule has 2 saturated heterocycles. The number of nitrogens with one attached hydrogen (secondary N) is 11. The van der Waals surface area contributed by atoms with E-state index in [0.717, 1.165) is 21.6 Å². The molecule has 7 rings (SSSR count). The summed E-state index contributed by atoms with van der Waals surface area (Å²) >= 11 is 6.69. The number of carbonyl (C=O) groups is 14. The van der Waals surface area contributed by atoms with E-state index in [-0.39, 0.29) is 92.2 Å². The largest absolute Gasteiger partial charge is 0.508 e. The molecule has 23 N–H and O–H groups in total. The molecule has 3 aliphatic rings. The summed E-state index contributed by atoms with van der Waals surface area (Å²) in [6.07, 6.45) is 0.734. The Hall–Kier alpha value is -10.2. The maximum atomic E-state index is 15.3. The number of phenols is 1. The van der Waals surface area contributed by atoms with Crippen LogP contribution in [0.25, 0.3) is 10.9 Å². The number of aromatic amines is 1. The predicted octanol–water partition coefficient (Wildman–Crippen LogP) is -1.59. The van der Waals surface area contributed by atoms with Gasteiger partial charge in [-0.05, 0) is 105 Å². The van der Waals surface area contributed by atoms with Gasteiger partial charge in [0.2, 0.25) is 76.8 Å². The zero-order valence-electron chi connectivity index (χ0n) is 59.1. The number of amides is 13. The van der Waals surface area contributed by atoms with Crippen LogP contribution in [-0.4, -0.2) is 206 Å². The predicted molar refractivity (Wildman–Crippen MR) is 398 cm³/mol. The lowest BCUT2D eigenvalue weighted by molar-refractivity contribution is -0.140. The first-order valence-corrected chi connectivity index (χ1v) is 38.1. The van der Waals surface area contributed by atoms with Crippen LogP contribution in [0, 0.1) is 5.92 Å². The molecular formula is C70H95ClN18O16S2. The van der Waals surface area contributed by atoms with Gasteiger partial charge in [-0.2, -0.15) is 0 Å². The second-order valence-electron chi connectivity index (χ2n) is 26.6. The van der Waals surface area contributed by atoms with E-state index in [1.165, 1.54) is 29.2 Å². The molecule has 1 aliphatic carbocycles. The number of aromatic hydroxyl groups is 1. The number of aromatic nitrogens is 1. The lowest BCUT2D eigenvalue weighted by Crippen LogP contribution is -2.61. The second-order valence-corrected chi connectivity index (χ2v) is 29.6. The maximum Gasteiger partial charge on any atom is 0.303 e. The Kier molecular flexibility index (Phi) is 32.7. The number of carbonyl (C=O) groups excluding carboxylic acids is 13. The third-order valence-corrected chi connectivity index (χ3v) is 21.1. The Morgan fingerprint density at radius 1 is 0.673 bits per heavy atom. The number of primary amides is 2. The minimum atomic E-state index is -1.74. The number of benzene rings is 3. The molecule has 0 radical (unpaired) electrons. The summed E-state index contributed by atoms with van der Waals surface area (Å²) in [5.41, 5.74) is 30.5. The standard InChI is InChI=1S/C70H95ClN18O16S2/c1-37(72)30-57(93)89-29-9-17-54(89)68(104)84-49(31-38-18-20-42(90)21-19-38)64(100)87-53-36-107-106-35-52(60(74)96)86-63(99)48(23-25-58(94)95)82-66(102)51(33-41-34-79-45-15-7-5-13-43(41)45)83-62(98)47(22-24-55(73)91)80-56(92)26-28-77-61(97)46(16-8-27-78-70(75)76)81-65(101)50(32-40-12-4-6-14-44(40)71)85-69(105)59(88-67(53)103)39-10-2-3-11-39/h4-7,12-15,18-21,34,37,39,46-54,59,79,90H,2-3,8-11,16-17,22-33,35-36,72H2,1H3,(H2,73,91)(H2,74,96)(H,77,97)(H,80,92)(H,81,101)(H,82,102)(H,83,98)(H,84,104)(H,85,105)(H,86,99)(H,87,100)(H,88,103)(H,94,95)(H4,75,76,78)/t37-,46+,47+,48+,49+,50+,51+,52-,53+,54+,59+/m1/s1. The van der Waals surface area contributed by atoms with Crippen LogP contribution in [0.1, 0.15) is 114 Å². The van der Waals surface area contributed by atoms with E-state index in [2.05, 4.69) is 63.1 Å². The molecule has 0 unspecified atom stereocenters. The van der Waals surface area contributed by atoms with Crippen molar-refractivity contribution in [2.24, 2.45) is 39.6 Å². The van der Waals surface area contributed by atoms with Crippen molar-refractivity contribution >= 4 is 133 Å². The Labute approximate surface area is 629 Å². The van der Waals surface area contributed by atoms with E-state index in [1.54, 1.807) is 61.7 Å². The third kappa shape index (κ3) is 26.7. The number of H-pyrrole nitrogens is 1. The fourth-order valence-electron chi connectivity index (χ4n) is 12.6. The Balaban J connectivity index is 1.28. The van der Waals surface area contributed by atoms with Gasteiger partial charge in [0.25, 0.3) is 0 Å². The van der Waals surface area contributed by atoms with Gasteiger partial charge in [-0.15, -0.1) is 0 Å². The molecule has 34 nitrogen and oxygen atoms in total. The summed E-state index contributed by atoms with van der Waals surface area (Å²) in [4.78, 5) is 206. The molecule has 3 heterocycles. The van der Waals surface area contributed by atoms with Crippen molar-refractivity contribution < 1.29 is 77.3 Å². The van der Waals surface area contributed by atoms with Crippen molar-refractivity contribution in [1.82, 2.24) is 63.1 Å². The number of halogens is 1. The highest BCUT2D eigenvalue weighted by molar-refractivity contribution is 8.76. The highest BCUT2D eigenvalue weighted by Gasteiger charge is 2.41. The summed E-state index contributed by atoms with van der Waals surface area (Å²) in [5, 5.41) is 47.5. The molecular weight excluding hydrogens is 1450 g/mol. The number of hydrogen-bond acceptors (Lipinski definition) is 19. The minimum absolute atomic E-state index is 0.0106. The molecule has 107 heavy (non-hydrogen) atoms. The number of carboxylic acid groups (broad SMARTS) is 1. The van der Waals surface area contributed by atoms with E-state index in [9.17, 15) is 63.0 Å². The molecule has 3 aromatic carbocycles. The summed E-state index contributed by atoms with van der Waals surface area (Å²) < 4.78 is 0. The second kappa shape index (κ2) is 41.6. The van der Waals surface area contributed by atoms with Crippen LogP contribution in [0.4, 0.5) is 0 Å². The molecule has 580 valence electrons. The highest BCUT2D eigenvalue weighted by Crippen LogP contribution is 2.30. The molecule has 4 aromatic rings. The van der Waals surface area contributed by atoms with Crippen molar-refractivity contribution in [3.05, 3.63) is 101 Å². The van der Waals surface area contributed by atoms with Gasteiger partial charge in [0, 0.05) is 104 Å². The molecule has 13 amide bonds. The molecule has 37 heteroatoms. The van der Waals surface area contributed by atoms with E-state index < -0.39 is 188 Å². The van der Waals surface area contributed by atoms with E-state index >= 15 is 14.4 Å². The van der Waals surface area contributed by atoms with Crippen LogP contribution in [0.15, 0.2) is 84.0 Å². The zero-order chi connectivity index (χ0) is 77.9. The smallest absolute Gasteiger partial charge is 0.303 e. The molecule has 1 aromatic heterocycles. The van der Waals surface area contributed by atoms with Crippen molar-refractivity contribution in [1.29, 1.82) is 0 Å². The highest BCUT2D eigenvalue weighted by atomic mass is 35.5. The number of hydrogen-bond donors (Lipinski definition) is 18. The van der Waals surface area contributed by atoms with Crippen LogP contribution >= 0.6 is 33.2 Å². The summed E-state index contributed by atoms with van der Waals surface area (Å²) in [7, 11) is 1.74. The number of aliphatic imine (C=N–C) groups is 1. The normalized spacial score (nSPS) is 23.1. The van der Waals surface area contributed by atoms with Gasteiger partial charge in [0.1, 0.15) is 66.2 Å². The molecule has 0 bridgehead atoms. The first-order valence-electron chi connectivity index (χ1n) is 35.2. The molecule has 2 aliphatic heterocycles. The topological polar surface area (TPSA) is 561 Å². The molecule has 11 atom stereocenters. The number of aliphatic carboxylic acids is 1. The first-order chi connectivity index (χ1) is 51.0. The molecule has 0 spiro atoms. The fourth-order valence-corrected chi connectivity index (χ4v) is 15.2. The number of phenolic OH excluding ortho intramolecular Hbond substituents is 1. The van der Waals surface area contributed by atoms with E-state index in [1.807, 2.05) is 0 Å². The first kappa shape index (κ1) is 84.1. The van der Waals surface area contributed by atoms with E-state index in [4.69, 9.17) is 40.3 Å². The van der Waals surface area contributed by atoms with Gasteiger partial charge >= 0.3 is 5.97 Å². The third-order valence-electron chi connectivity index (χ3n) is 18.3. The number of fused-ring (bicyclic) bond motifs is 1. The monoisotopic (exact) mass is 1540 g/mol. The number of guanidine groups is 1. The van der Waals surface area contributed by atoms with Gasteiger partial charge in [0.05, 0.1) is 0 Å². The lowest BCUT2D eigenvalue weighted by atomic mass is 9.95. The number of nitrogens with zero attached hydrogens (tertiary/aromatic N) is 2. The molecule has 1 saturated carbocycles. The number of nitrogens with two attached hydrogens (primary N) is 5. The van der Waals surface area contributed by atoms with Crippen molar-refractivity contribution in [2.75, 3.05) is 31.1 Å². The Morgan fingerprint density at radius 3 is 1.94 bits per heavy atom. The Bertz CT molecular complexity index is 3880. The van der Waals surface area contributed by atoms with Gasteiger partial charge in [0.15, 0.2) is 5.96 Å². The number of carboxylic acids is 1. The lowest BCUT2D eigenvalue weighted by Gasteiger charge is -2.30. The van der Waals surface area contributed by atoms with Crippen LogP contribution in [-0.2, 0) is 86.4 Å². The summed E-state index contributed by atoms with van der Waals surface area (Å²) in [6.45, 7) is 1.44. The van der Waals surface area contributed by atoms with Gasteiger partial charge in [-0.25, -0.2) is 0 Å². The number of para-hydroxylation sites is 1. The Morgan fingerprint density at radius 2 is 1.28 bits per heavy atom. The number of likely N-dealkylation sites (tertiary alicyclic amines) is 1. The minimum Gasteiger partial charge on any atom is -0.508 e. The maximum absolute atomic E-state index is 15.3. The van der Waals surface area contributed by atoms with Gasteiger partial charge in [-0.1, -0.05) is 94.6 Å². The van der Waals surface area contributed by atoms with Crippen LogP contribution < -0.4 is 81.8 Å². The zero-order valence-corrected chi connectivity index (χ0v) is 61.5. The van der Waals surface area contributed by atoms with Crippen molar-refractivity contribution in [3.63, 3.8) is 0 Å². The van der Waals surface area contributed by atoms with Gasteiger partial charge < -0.3 is 102 Å². The average molecular weight is 1540 g/mol. The van der Waals surface area contributed by atoms with Crippen molar-refractivity contribution in [2.45, 2.75) is 183 Å². The SMILES string of the molecule is C[C@@H](N)CC(=O)N1CCC[C@H]1C(=O)N[C@@H](Cc1ccc(O)cc1)C(=O)N[C@H]1CSSC[C@H](C(N)=O)NC(=O)[C@H](CCC(=O)O)NC(=O)[C@H](Cc2c[nH]c3ccccc23)NC(=O)[C@H](CCC(N)=O)NC(=O)CCNC(=O)[C@H](CCCN=C(N)N)NC(=O)[C@H](Cc2ccccc2Cl)NC(=O)[C@H](C2CCCC2)NC1=O. The van der Waals surface area contributed by atoms with Gasteiger partial charge in [-0.3, -0.25) is 72.1 Å². The molecule has 3 fully saturated rings. The van der Waals surface area contributed by atoms with Crippen LogP contribution in [0.2, 0.25) is 5.02 Å². The number of rotatable bonds is 24. The van der Waals surface area contributed by atoms with Crippen LogP contribution in [0.3, 0.4) is 0 Å². The average Bonchev–Trinajstić information content (AvgIpc) is 1.74. The van der Waals surface area contributed by atoms with Crippen LogP contribution in [0.5, 0.6) is 5.75 Å². The van der Waals surface area contributed by atoms with E-state index in [0.29, 0.717) is 59.7 Å². The van der Waals surface area contributed by atoms with Crippen molar-refractivity contribution in [3.8, 4) is 5.75 Å².